The number of aliphatic hydroxyl groups excluding tert-OH is 2. The summed E-state index contributed by atoms with van der Waals surface area (Å²) < 4.78 is 0. The Morgan fingerprint density at radius 2 is 1.04 bits per heavy atom. The molecule has 0 saturated carbocycles. The van der Waals surface area contributed by atoms with Crippen molar-refractivity contribution in [2.45, 2.75) is 82.3 Å². The van der Waals surface area contributed by atoms with E-state index in [4.69, 9.17) is 5.11 Å². The average molecular weight is 339 g/mol. The van der Waals surface area contributed by atoms with Crippen molar-refractivity contribution < 1.29 is 46.0 Å². The fourth-order valence-corrected chi connectivity index (χ4v) is 2.13. The summed E-state index contributed by atoms with van der Waals surface area (Å²) in [4.78, 5) is 11.5. The van der Waals surface area contributed by atoms with Gasteiger partial charge in [0, 0.05) is 26.4 Å². The summed E-state index contributed by atoms with van der Waals surface area (Å²) in [5.74, 6) is 0.685. The predicted molar refractivity (Wildman–Crippen MR) is 99.2 cm³/mol. The molecule has 0 spiro atoms. The number of rotatable bonds is 1. The molecule has 0 aliphatic heterocycles. The number of carbonyl (C=O) groups is 1. The summed E-state index contributed by atoms with van der Waals surface area (Å²) in [7, 11) is 1.00. The summed E-state index contributed by atoms with van der Waals surface area (Å²) in [6.07, 6.45) is -0.183. The third-order valence-corrected chi connectivity index (χ3v) is 2.88. The minimum atomic E-state index is -0.196. The van der Waals surface area contributed by atoms with E-state index in [1.165, 1.54) is 0 Å². The molecule has 0 aromatic carbocycles. The standard InChI is InChI=1S/C9H18O.C8H18O.CH4O.B.Na.H/c1-8(2,3)7(10)9(4,5)6;1-6(2)7(9)8(3,4)5;1-2;;;/h1-6H3;6-7,9H,1-5H3;2H,1H3;;;/q;;;;+1;-1. The van der Waals surface area contributed by atoms with Gasteiger partial charge in [0.25, 0.3) is 0 Å². The van der Waals surface area contributed by atoms with Crippen LogP contribution in [-0.2, 0) is 4.79 Å². The number of hydrogen-bond donors (Lipinski definition) is 2. The topological polar surface area (TPSA) is 57.5 Å². The second kappa shape index (κ2) is 13.9. The predicted octanol–water partition coefficient (Wildman–Crippen LogP) is 1.04. The van der Waals surface area contributed by atoms with Crippen molar-refractivity contribution >= 4 is 14.2 Å². The smallest absolute Gasteiger partial charge is 1.00 e. The number of ketones is 1. The zero-order valence-electron chi connectivity index (χ0n) is 19.0. The van der Waals surface area contributed by atoms with Gasteiger partial charge in [0.15, 0.2) is 0 Å². The van der Waals surface area contributed by atoms with Crippen LogP contribution < -0.4 is 29.6 Å². The van der Waals surface area contributed by atoms with E-state index in [1.807, 2.05) is 55.4 Å². The monoisotopic (exact) mass is 339 g/mol. The van der Waals surface area contributed by atoms with Gasteiger partial charge in [0.1, 0.15) is 5.78 Å². The maximum absolute atomic E-state index is 11.5. The number of hydrogen-bond acceptors (Lipinski definition) is 3. The Kier molecular flexibility index (Phi) is 21.1. The molecule has 23 heavy (non-hydrogen) atoms. The Bertz CT molecular complexity index is 274. The second-order valence-corrected chi connectivity index (χ2v) is 8.88. The molecular formula is C18H41BNaO3. The van der Waals surface area contributed by atoms with Gasteiger partial charge >= 0.3 is 29.6 Å². The van der Waals surface area contributed by atoms with E-state index in [2.05, 4.69) is 20.8 Å². The normalized spacial score (nSPS) is 12.5. The molecule has 3 radical (unpaired) electrons. The second-order valence-electron chi connectivity index (χ2n) is 8.88. The molecule has 0 aliphatic rings. The van der Waals surface area contributed by atoms with Crippen LogP contribution in [0.2, 0.25) is 0 Å². The molecule has 0 aromatic rings. The molecule has 135 valence electrons. The van der Waals surface area contributed by atoms with Crippen LogP contribution in [0.3, 0.4) is 0 Å². The Balaban J connectivity index is -0.0000000550. The minimum Gasteiger partial charge on any atom is -1.00 e. The molecule has 1 atom stereocenters. The maximum atomic E-state index is 11.5. The number of carbonyl (C=O) groups excluding carboxylic acids is 1. The van der Waals surface area contributed by atoms with Crippen molar-refractivity contribution in [3.05, 3.63) is 0 Å². The number of Topliss-reactive ketones (excluding diaryl/α,β-unsaturated/α-hetero) is 1. The fourth-order valence-electron chi connectivity index (χ4n) is 2.13. The van der Waals surface area contributed by atoms with Gasteiger partial charge in [-0.25, -0.2) is 0 Å². The van der Waals surface area contributed by atoms with Crippen LogP contribution >= 0.6 is 0 Å². The summed E-state index contributed by atoms with van der Waals surface area (Å²) in [6.45, 7) is 22.0. The van der Waals surface area contributed by atoms with Crippen molar-refractivity contribution in [1.82, 2.24) is 0 Å². The first-order valence-electron chi connectivity index (χ1n) is 7.69. The Morgan fingerprint density at radius 3 is 1.04 bits per heavy atom. The number of aliphatic hydroxyl groups is 2. The Labute approximate surface area is 171 Å². The van der Waals surface area contributed by atoms with Gasteiger partial charge in [0.05, 0.1) is 6.10 Å². The average Bonchev–Trinajstić information content (AvgIpc) is 2.26. The van der Waals surface area contributed by atoms with Crippen LogP contribution in [0.1, 0.15) is 77.6 Å². The van der Waals surface area contributed by atoms with Crippen LogP contribution in [-0.4, -0.2) is 37.6 Å². The summed E-state index contributed by atoms with van der Waals surface area (Å²) >= 11 is 0. The van der Waals surface area contributed by atoms with Crippen molar-refractivity contribution in [2.75, 3.05) is 7.11 Å². The fraction of sp³-hybridized carbons (Fsp3) is 0.944. The van der Waals surface area contributed by atoms with Gasteiger partial charge in [-0.15, -0.1) is 0 Å². The molecule has 0 aliphatic carbocycles. The van der Waals surface area contributed by atoms with E-state index in [1.54, 1.807) is 0 Å². The molecule has 0 bridgehead atoms. The molecule has 1 unspecified atom stereocenters. The van der Waals surface area contributed by atoms with Crippen LogP contribution in [0.25, 0.3) is 0 Å². The molecule has 0 aromatic heterocycles. The van der Waals surface area contributed by atoms with E-state index >= 15 is 0 Å². The van der Waals surface area contributed by atoms with Gasteiger partial charge in [-0.05, 0) is 11.3 Å². The van der Waals surface area contributed by atoms with Crippen molar-refractivity contribution in [3.8, 4) is 0 Å². The van der Waals surface area contributed by atoms with Crippen molar-refractivity contribution in [1.29, 1.82) is 0 Å². The van der Waals surface area contributed by atoms with Gasteiger partial charge < -0.3 is 11.6 Å². The van der Waals surface area contributed by atoms with Crippen molar-refractivity contribution in [2.24, 2.45) is 22.2 Å². The third kappa shape index (κ3) is 18.8. The largest absolute Gasteiger partial charge is 1.00 e. The van der Waals surface area contributed by atoms with E-state index < -0.39 is 0 Å². The minimum absolute atomic E-state index is 0. The first kappa shape index (κ1) is 34.9. The first-order chi connectivity index (χ1) is 9.01. The Morgan fingerprint density at radius 1 is 0.826 bits per heavy atom. The quantitative estimate of drug-likeness (QED) is 0.702. The van der Waals surface area contributed by atoms with Gasteiger partial charge in [-0.1, -0.05) is 76.2 Å². The van der Waals surface area contributed by atoms with Crippen LogP contribution in [0.4, 0.5) is 0 Å². The van der Waals surface area contributed by atoms with Gasteiger partial charge in [-0.3, -0.25) is 4.79 Å². The molecular weight excluding hydrogens is 298 g/mol. The molecule has 0 fully saturated rings. The molecule has 2 N–H and O–H groups in total. The zero-order chi connectivity index (χ0) is 18.2. The Hall–Kier alpha value is 0.655. The van der Waals surface area contributed by atoms with E-state index in [0.29, 0.717) is 11.7 Å². The summed E-state index contributed by atoms with van der Waals surface area (Å²) in [5, 5.41) is 16.5. The van der Waals surface area contributed by atoms with E-state index in [-0.39, 0.29) is 61.7 Å². The van der Waals surface area contributed by atoms with Gasteiger partial charge in [0.2, 0.25) is 0 Å². The van der Waals surface area contributed by atoms with Crippen LogP contribution in [0.5, 0.6) is 0 Å². The van der Waals surface area contributed by atoms with Gasteiger partial charge in [-0.2, -0.15) is 0 Å². The maximum Gasteiger partial charge on any atom is 1.00 e. The molecule has 0 saturated heterocycles. The first-order valence-corrected chi connectivity index (χ1v) is 7.69. The van der Waals surface area contributed by atoms with Crippen LogP contribution in [0.15, 0.2) is 0 Å². The molecule has 0 rings (SSSR count). The molecule has 5 heteroatoms. The van der Waals surface area contributed by atoms with E-state index in [0.717, 1.165) is 7.11 Å². The third-order valence-electron chi connectivity index (χ3n) is 2.88. The SMILES string of the molecule is CC(C)(C)C(=O)C(C)(C)C.CC(C)C(O)C(C)(C)C.CO.[B].[H-].[Na+]. The van der Waals surface area contributed by atoms with Crippen LogP contribution in [0, 0.1) is 22.2 Å². The van der Waals surface area contributed by atoms with E-state index in [9.17, 15) is 9.90 Å². The molecule has 3 nitrogen and oxygen atoms in total. The molecule has 0 heterocycles. The zero-order valence-corrected chi connectivity index (χ0v) is 20.0. The molecule has 0 amide bonds. The summed E-state index contributed by atoms with van der Waals surface area (Å²) in [5.41, 5.74) is -0.356. The van der Waals surface area contributed by atoms with Crippen molar-refractivity contribution in [3.63, 3.8) is 0 Å². The summed E-state index contributed by atoms with van der Waals surface area (Å²) in [6, 6.07) is 0.